The summed E-state index contributed by atoms with van der Waals surface area (Å²) in [6.45, 7) is 3.55. The number of anilines is 1. The van der Waals surface area contributed by atoms with Crippen molar-refractivity contribution in [2.75, 3.05) is 5.32 Å². The fourth-order valence-corrected chi connectivity index (χ4v) is 2.11. The summed E-state index contributed by atoms with van der Waals surface area (Å²) >= 11 is 0. The quantitative estimate of drug-likeness (QED) is 0.685. The van der Waals surface area contributed by atoms with Gasteiger partial charge in [-0.2, -0.15) is 5.10 Å². The Morgan fingerprint density at radius 1 is 1.26 bits per heavy atom. The topological polar surface area (TPSA) is 109 Å². The predicted molar refractivity (Wildman–Crippen MR) is 82.8 cm³/mol. The van der Waals surface area contributed by atoms with Crippen LogP contribution in [0.4, 0.5) is 10.8 Å². The van der Waals surface area contributed by atoms with Crippen molar-refractivity contribution in [2.24, 2.45) is 0 Å². The van der Waals surface area contributed by atoms with E-state index in [0.717, 1.165) is 5.56 Å². The summed E-state index contributed by atoms with van der Waals surface area (Å²) in [6.07, 6.45) is 1.53. The minimum absolute atomic E-state index is 0.137. The average Bonchev–Trinajstić information content (AvgIpc) is 3.14. The molecule has 0 saturated heterocycles. The van der Waals surface area contributed by atoms with E-state index in [9.17, 15) is 4.79 Å². The van der Waals surface area contributed by atoms with Gasteiger partial charge in [0.15, 0.2) is 5.82 Å². The standard InChI is InChI=1S/C15H16N6O2/c1-9-8-16-15(23-9)19-14(22)18-12(11-6-4-3-5-7-11)13-17-10(2)20-21-13/h3-8,12H,1-2H3,(H,17,20,21)(H2,16,18,19,22)/t12-/m1/s1. The molecule has 3 rings (SSSR count). The van der Waals surface area contributed by atoms with Crippen LogP contribution in [-0.4, -0.2) is 26.2 Å². The first kappa shape index (κ1) is 14.8. The third-order valence-corrected chi connectivity index (χ3v) is 3.12. The molecule has 0 saturated carbocycles. The van der Waals surface area contributed by atoms with Crippen LogP contribution < -0.4 is 10.6 Å². The van der Waals surface area contributed by atoms with Gasteiger partial charge >= 0.3 is 12.0 Å². The van der Waals surface area contributed by atoms with Crippen molar-refractivity contribution < 1.29 is 9.21 Å². The van der Waals surface area contributed by atoms with Crippen LogP contribution in [0, 0.1) is 13.8 Å². The van der Waals surface area contributed by atoms with Crippen molar-refractivity contribution in [3.63, 3.8) is 0 Å². The summed E-state index contributed by atoms with van der Waals surface area (Å²) in [5, 5.41) is 12.3. The average molecular weight is 312 g/mol. The summed E-state index contributed by atoms with van der Waals surface area (Å²) in [4.78, 5) is 20.4. The predicted octanol–water partition coefficient (Wildman–Crippen LogP) is 2.32. The van der Waals surface area contributed by atoms with Gasteiger partial charge in [0.2, 0.25) is 0 Å². The molecule has 0 fully saturated rings. The largest absolute Gasteiger partial charge is 0.429 e. The smallest absolute Gasteiger partial charge is 0.323 e. The van der Waals surface area contributed by atoms with Crippen LogP contribution in [0.25, 0.3) is 0 Å². The lowest BCUT2D eigenvalue weighted by Crippen LogP contribution is -2.34. The SMILES string of the molecule is Cc1nc([C@H](NC(=O)Nc2ncc(C)o2)c2ccccc2)n[nH]1. The number of benzene rings is 1. The number of rotatable bonds is 4. The molecule has 0 aliphatic carbocycles. The molecule has 0 spiro atoms. The van der Waals surface area contributed by atoms with E-state index in [4.69, 9.17) is 4.42 Å². The number of aromatic amines is 1. The summed E-state index contributed by atoms with van der Waals surface area (Å²) in [6, 6.07) is 8.66. The monoisotopic (exact) mass is 312 g/mol. The molecular weight excluding hydrogens is 296 g/mol. The second kappa shape index (κ2) is 6.30. The Labute approximate surface area is 132 Å². The Balaban J connectivity index is 1.80. The van der Waals surface area contributed by atoms with E-state index in [0.29, 0.717) is 17.4 Å². The van der Waals surface area contributed by atoms with Gasteiger partial charge in [0.05, 0.1) is 6.20 Å². The van der Waals surface area contributed by atoms with Crippen molar-refractivity contribution in [3.05, 3.63) is 59.5 Å². The van der Waals surface area contributed by atoms with E-state index in [1.54, 1.807) is 13.8 Å². The highest BCUT2D eigenvalue weighted by atomic mass is 16.4. The minimum atomic E-state index is -0.489. The van der Waals surface area contributed by atoms with Gasteiger partial charge in [-0.15, -0.1) is 0 Å². The highest BCUT2D eigenvalue weighted by Gasteiger charge is 2.21. The molecular formula is C15H16N6O2. The number of amides is 2. The molecule has 0 bridgehead atoms. The molecule has 0 radical (unpaired) electrons. The summed E-state index contributed by atoms with van der Waals surface area (Å²) < 4.78 is 5.23. The zero-order valence-electron chi connectivity index (χ0n) is 12.7. The zero-order chi connectivity index (χ0) is 16.2. The summed E-state index contributed by atoms with van der Waals surface area (Å²) in [7, 11) is 0. The van der Waals surface area contributed by atoms with Gasteiger partial charge in [0, 0.05) is 0 Å². The highest BCUT2D eigenvalue weighted by Crippen LogP contribution is 2.19. The molecule has 1 aromatic carbocycles. The number of hydrogen-bond acceptors (Lipinski definition) is 5. The van der Waals surface area contributed by atoms with Gasteiger partial charge in [0.25, 0.3) is 0 Å². The van der Waals surface area contributed by atoms with E-state index >= 15 is 0 Å². The molecule has 0 aliphatic rings. The van der Waals surface area contributed by atoms with Crippen LogP contribution >= 0.6 is 0 Å². The van der Waals surface area contributed by atoms with Crippen molar-refractivity contribution in [1.82, 2.24) is 25.5 Å². The second-order valence-corrected chi connectivity index (χ2v) is 5.00. The Morgan fingerprint density at radius 3 is 2.65 bits per heavy atom. The van der Waals surface area contributed by atoms with E-state index < -0.39 is 12.1 Å². The van der Waals surface area contributed by atoms with E-state index in [1.807, 2.05) is 30.3 Å². The number of H-pyrrole nitrogens is 1. The summed E-state index contributed by atoms with van der Waals surface area (Å²) in [5.41, 5.74) is 0.866. The number of nitrogens with zero attached hydrogens (tertiary/aromatic N) is 3. The van der Waals surface area contributed by atoms with Gasteiger partial charge in [-0.1, -0.05) is 30.3 Å². The minimum Gasteiger partial charge on any atom is -0.429 e. The number of aromatic nitrogens is 4. The number of urea groups is 1. The van der Waals surface area contributed by atoms with Crippen molar-refractivity contribution in [1.29, 1.82) is 0 Å². The highest BCUT2D eigenvalue weighted by molar-refractivity contribution is 5.87. The van der Waals surface area contributed by atoms with Gasteiger partial charge in [-0.05, 0) is 19.4 Å². The molecule has 0 unspecified atom stereocenters. The molecule has 0 aliphatic heterocycles. The first-order valence-corrected chi connectivity index (χ1v) is 7.05. The number of oxazole rings is 1. The molecule has 118 valence electrons. The van der Waals surface area contributed by atoms with E-state index in [-0.39, 0.29) is 6.01 Å². The molecule has 2 amide bonds. The third-order valence-electron chi connectivity index (χ3n) is 3.12. The number of hydrogen-bond donors (Lipinski definition) is 3. The lowest BCUT2D eigenvalue weighted by atomic mass is 10.1. The lowest BCUT2D eigenvalue weighted by Gasteiger charge is -2.16. The van der Waals surface area contributed by atoms with E-state index in [1.165, 1.54) is 6.20 Å². The normalized spacial score (nSPS) is 11.9. The maximum absolute atomic E-state index is 12.2. The van der Waals surface area contributed by atoms with Crippen LogP contribution in [0.15, 0.2) is 40.9 Å². The molecule has 1 atom stereocenters. The van der Waals surface area contributed by atoms with Gasteiger partial charge in [-0.25, -0.2) is 14.8 Å². The van der Waals surface area contributed by atoms with Crippen LogP contribution in [0.5, 0.6) is 0 Å². The van der Waals surface area contributed by atoms with Crippen LogP contribution in [0.2, 0.25) is 0 Å². The fraction of sp³-hybridized carbons (Fsp3) is 0.200. The van der Waals surface area contributed by atoms with Crippen molar-refractivity contribution in [2.45, 2.75) is 19.9 Å². The van der Waals surface area contributed by atoms with Crippen molar-refractivity contribution in [3.8, 4) is 0 Å². The fourth-order valence-electron chi connectivity index (χ4n) is 2.11. The van der Waals surface area contributed by atoms with Crippen molar-refractivity contribution >= 4 is 12.0 Å². The maximum Gasteiger partial charge on any atom is 0.323 e. The Morgan fingerprint density at radius 2 is 2.04 bits per heavy atom. The Bertz CT molecular complexity index is 795. The zero-order valence-corrected chi connectivity index (χ0v) is 12.7. The third kappa shape index (κ3) is 3.54. The molecule has 23 heavy (non-hydrogen) atoms. The molecule has 2 aromatic heterocycles. The lowest BCUT2D eigenvalue weighted by molar-refractivity contribution is 0.249. The summed E-state index contributed by atoms with van der Waals surface area (Å²) in [5.74, 6) is 1.77. The number of carbonyl (C=O) groups is 1. The maximum atomic E-state index is 12.2. The number of carbonyl (C=O) groups excluding carboxylic acids is 1. The van der Waals surface area contributed by atoms with Crippen LogP contribution in [0.1, 0.15) is 29.0 Å². The number of aryl methyl sites for hydroxylation is 2. The number of nitrogens with one attached hydrogen (secondary N) is 3. The van der Waals surface area contributed by atoms with Gasteiger partial charge < -0.3 is 9.73 Å². The molecule has 2 heterocycles. The second-order valence-electron chi connectivity index (χ2n) is 5.00. The molecule has 8 heteroatoms. The Kier molecular flexibility index (Phi) is 4.05. The first-order valence-electron chi connectivity index (χ1n) is 7.05. The molecule has 8 nitrogen and oxygen atoms in total. The van der Waals surface area contributed by atoms with Gasteiger partial charge in [-0.3, -0.25) is 10.4 Å². The van der Waals surface area contributed by atoms with Crippen LogP contribution in [0.3, 0.4) is 0 Å². The van der Waals surface area contributed by atoms with Gasteiger partial charge in [0.1, 0.15) is 17.6 Å². The van der Waals surface area contributed by atoms with Crippen LogP contribution in [-0.2, 0) is 0 Å². The molecule has 3 N–H and O–H groups in total. The first-order chi connectivity index (χ1) is 11.1. The van der Waals surface area contributed by atoms with E-state index in [2.05, 4.69) is 30.8 Å². The Hall–Kier alpha value is -3.16. The molecule has 3 aromatic rings.